The van der Waals surface area contributed by atoms with Crippen LogP contribution in [0.2, 0.25) is 0 Å². The predicted octanol–water partition coefficient (Wildman–Crippen LogP) is 0.839. The van der Waals surface area contributed by atoms with Crippen LogP contribution in [0.25, 0.3) is 0 Å². The largest absolute Gasteiger partial charge is 0.464 e. The molecule has 0 N–H and O–H groups in total. The van der Waals surface area contributed by atoms with Gasteiger partial charge in [0, 0.05) is 46.6 Å². The van der Waals surface area contributed by atoms with Gasteiger partial charge in [0.25, 0.3) is 0 Å². The Morgan fingerprint density at radius 2 is 1.73 bits per heavy atom. The molecule has 22 heavy (non-hydrogen) atoms. The van der Waals surface area contributed by atoms with E-state index < -0.39 is 0 Å². The second-order valence-electron chi connectivity index (χ2n) is 5.33. The number of carbonyl (C=O) groups excluding carboxylic acids is 2. The van der Waals surface area contributed by atoms with E-state index in [9.17, 15) is 9.59 Å². The second kappa shape index (κ2) is 9.38. The maximum atomic E-state index is 10.5. The average Bonchev–Trinajstić information content (AvgIpc) is 3.32. The van der Waals surface area contributed by atoms with E-state index in [1.165, 1.54) is 13.8 Å². The average molecular weight is 310 g/mol. The van der Waals surface area contributed by atoms with Crippen LogP contribution in [0.4, 0.5) is 0 Å². The minimum Gasteiger partial charge on any atom is -0.464 e. The monoisotopic (exact) mass is 310 g/mol. The van der Waals surface area contributed by atoms with Crippen molar-refractivity contribution in [2.75, 3.05) is 39.3 Å². The van der Waals surface area contributed by atoms with Crippen molar-refractivity contribution >= 4 is 11.9 Å². The molecule has 2 aliphatic heterocycles. The maximum absolute atomic E-state index is 10.5. The molecule has 2 heterocycles. The third-order valence-electron chi connectivity index (χ3n) is 3.24. The molecule has 0 saturated carbocycles. The van der Waals surface area contributed by atoms with Crippen LogP contribution in [0, 0.1) is 0 Å². The SMILES string of the molecule is C=CC(CN1CC1)OC(C)=O.C=CC(COC(C)=O)N1CC1. The summed E-state index contributed by atoms with van der Waals surface area (Å²) in [7, 11) is 0. The van der Waals surface area contributed by atoms with Gasteiger partial charge >= 0.3 is 11.9 Å². The van der Waals surface area contributed by atoms with Crippen molar-refractivity contribution < 1.29 is 19.1 Å². The molecule has 0 amide bonds. The Morgan fingerprint density at radius 1 is 1.09 bits per heavy atom. The van der Waals surface area contributed by atoms with Gasteiger partial charge in [-0.2, -0.15) is 0 Å². The molecule has 124 valence electrons. The van der Waals surface area contributed by atoms with E-state index in [1.54, 1.807) is 6.08 Å². The van der Waals surface area contributed by atoms with Gasteiger partial charge in [-0.3, -0.25) is 19.4 Å². The predicted molar refractivity (Wildman–Crippen MR) is 84.4 cm³/mol. The van der Waals surface area contributed by atoms with Crippen LogP contribution in [-0.4, -0.2) is 73.2 Å². The lowest BCUT2D eigenvalue weighted by Gasteiger charge is -2.12. The molecule has 2 aliphatic rings. The molecule has 2 unspecified atom stereocenters. The molecule has 0 bridgehead atoms. The summed E-state index contributed by atoms with van der Waals surface area (Å²) < 4.78 is 9.80. The molecule has 0 aromatic carbocycles. The highest BCUT2D eigenvalue weighted by molar-refractivity contribution is 5.66. The smallest absolute Gasteiger partial charge is 0.303 e. The van der Waals surface area contributed by atoms with Crippen LogP contribution in [0.3, 0.4) is 0 Å². The summed E-state index contributed by atoms with van der Waals surface area (Å²) in [5.41, 5.74) is 0. The Balaban J connectivity index is 0.000000220. The lowest BCUT2D eigenvalue weighted by Crippen LogP contribution is -2.23. The Hall–Kier alpha value is -1.66. The van der Waals surface area contributed by atoms with Gasteiger partial charge in [0.05, 0.1) is 6.04 Å². The van der Waals surface area contributed by atoms with E-state index in [4.69, 9.17) is 9.47 Å². The normalized spacial score (nSPS) is 19.0. The summed E-state index contributed by atoms with van der Waals surface area (Å²) in [5.74, 6) is -0.463. The molecule has 2 saturated heterocycles. The van der Waals surface area contributed by atoms with E-state index in [0.29, 0.717) is 6.61 Å². The van der Waals surface area contributed by atoms with Gasteiger partial charge in [-0.25, -0.2) is 0 Å². The zero-order valence-electron chi connectivity index (χ0n) is 13.5. The number of nitrogens with zero attached hydrogens (tertiary/aromatic N) is 2. The lowest BCUT2D eigenvalue weighted by molar-refractivity contribution is -0.144. The number of ether oxygens (including phenoxy) is 2. The van der Waals surface area contributed by atoms with Crippen molar-refractivity contribution in [2.45, 2.75) is 26.0 Å². The summed E-state index contributed by atoms with van der Waals surface area (Å²) in [5, 5.41) is 0. The standard InChI is InChI=1S/2C8H13NO2/c1-3-8(9-4-5-9)6-11-7(2)10;1-3-8(11-7(2)10)6-9-4-5-9/h2*3,8H,1,4-6H2,2H3. The maximum Gasteiger partial charge on any atom is 0.303 e. The van der Waals surface area contributed by atoms with Gasteiger partial charge in [0.15, 0.2) is 0 Å². The number of carbonyl (C=O) groups is 2. The van der Waals surface area contributed by atoms with Crippen molar-refractivity contribution in [3.8, 4) is 0 Å². The zero-order valence-corrected chi connectivity index (χ0v) is 13.5. The molecule has 6 nitrogen and oxygen atoms in total. The molecule has 2 atom stereocenters. The van der Waals surface area contributed by atoms with Gasteiger partial charge in [-0.15, -0.1) is 6.58 Å². The topological polar surface area (TPSA) is 58.6 Å². The third kappa shape index (κ3) is 8.59. The second-order valence-corrected chi connectivity index (χ2v) is 5.33. The quantitative estimate of drug-likeness (QED) is 0.376. The number of hydrogen-bond acceptors (Lipinski definition) is 6. The highest BCUT2D eigenvalue weighted by Gasteiger charge is 2.25. The molecule has 6 heteroatoms. The Bertz CT molecular complexity index is 403. The fourth-order valence-corrected chi connectivity index (χ4v) is 1.80. The number of hydrogen-bond donors (Lipinski definition) is 0. The van der Waals surface area contributed by atoms with Crippen LogP contribution < -0.4 is 0 Å². The van der Waals surface area contributed by atoms with Crippen LogP contribution in [-0.2, 0) is 19.1 Å². The first kappa shape index (κ1) is 18.4. The molecule has 0 radical (unpaired) electrons. The van der Waals surface area contributed by atoms with Crippen molar-refractivity contribution in [3.63, 3.8) is 0 Å². The fourth-order valence-electron chi connectivity index (χ4n) is 1.80. The molecular formula is C16H26N2O4. The van der Waals surface area contributed by atoms with Crippen LogP contribution in [0.15, 0.2) is 25.3 Å². The van der Waals surface area contributed by atoms with E-state index in [-0.39, 0.29) is 24.1 Å². The zero-order chi connectivity index (χ0) is 16.5. The summed E-state index contributed by atoms with van der Waals surface area (Å²) in [6, 6.07) is 0.221. The number of rotatable bonds is 8. The lowest BCUT2D eigenvalue weighted by atomic mass is 10.3. The Kier molecular flexibility index (Phi) is 7.84. The molecular weight excluding hydrogens is 284 g/mol. The summed E-state index contributed by atoms with van der Waals surface area (Å²) >= 11 is 0. The summed E-state index contributed by atoms with van der Waals surface area (Å²) in [6.45, 7) is 15.8. The fraction of sp³-hybridized carbons (Fsp3) is 0.625. The van der Waals surface area contributed by atoms with Crippen molar-refractivity contribution in [3.05, 3.63) is 25.3 Å². The Labute approximate surface area is 132 Å². The molecule has 2 fully saturated rings. The molecule has 2 rings (SSSR count). The first-order chi connectivity index (χ1) is 10.5. The first-order valence-electron chi connectivity index (χ1n) is 7.48. The van der Waals surface area contributed by atoms with Gasteiger partial charge < -0.3 is 9.47 Å². The Morgan fingerprint density at radius 3 is 2.09 bits per heavy atom. The van der Waals surface area contributed by atoms with Crippen LogP contribution >= 0.6 is 0 Å². The summed E-state index contributed by atoms with van der Waals surface area (Å²) in [6.07, 6.45) is 3.35. The molecule has 0 spiro atoms. The summed E-state index contributed by atoms with van der Waals surface area (Å²) in [4.78, 5) is 25.3. The highest BCUT2D eigenvalue weighted by atomic mass is 16.5. The first-order valence-corrected chi connectivity index (χ1v) is 7.48. The van der Waals surface area contributed by atoms with Crippen molar-refractivity contribution in [2.24, 2.45) is 0 Å². The van der Waals surface area contributed by atoms with Crippen molar-refractivity contribution in [1.29, 1.82) is 0 Å². The van der Waals surface area contributed by atoms with Gasteiger partial charge in [0.1, 0.15) is 12.7 Å². The highest BCUT2D eigenvalue weighted by Crippen LogP contribution is 2.11. The minimum atomic E-state index is -0.239. The molecule has 0 aromatic rings. The van der Waals surface area contributed by atoms with E-state index in [0.717, 1.165) is 32.7 Å². The van der Waals surface area contributed by atoms with E-state index >= 15 is 0 Å². The van der Waals surface area contributed by atoms with Crippen molar-refractivity contribution in [1.82, 2.24) is 9.80 Å². The van der Waals surface area contributed by atoms with Gasteiger partial charge in [-0.05, 0) is 0 Å². The third-order valence-corrected chi connectivity index (χ3v) is 3.24. The van der Waals surface area contributed by atoms with Gasteiger partial charge in [-0.1, -0.05) is 18.7 Å². The van der Waals surface area contributed by atoms with Gasteiger partial charge in [0.2, 0.25) is 0 Å². The van der Waals surface area contributed by atoms with Crippen LogP contribution in [0.5, 0.6) is 0 Å². The minimum absolute atomic E-state index is 0.130. The number of esters is 2. The molecule has 0 aromatic heterocycles. The van der Waals surface area contributed by atoms with Crippen LogP contribution in [0.1, 0.15) is 13.8 Å². The van der Waals surface area contributed by atoms with E-state index in [2.05, 4.69) is 23.0 Å². The molecule has 0 aliphatic carbocycles. The van der Waals surface area contributed by atoms with E-state index in [1.807, 2.05) is 6.08 Å².